The maximum atomic E-state index is 13.2. The van der Waals surface area contributed by atoms with Crippen LogP contribution in [0.2, 0.25) is 0 Å². The molecule has 0 fully saturated rings. The van der Waals surface area contributed by atoms with E-state index >= 15 is 0 Å². The second-order valence-electron chi connectivity index (χ2n) is 3.63. The predicted molar refractivity (Wildman–Crippen MR) is 51.6 cm³/mol. The highest BCUT2D eigenvalue weighted by atomic mass is 19.1. The summed E-state index contributed by atoms with van der Waals surface area (Å²) in [6.45, 7) is 1.64. The number of halogens is 1. The molecule has 0 saturated carbocycles. The summed E-state index contributed by atoms with van der Waals surface area (Å²) in [7, 11) is 0. The first-order valence-corrected chi connectivity index (χ1v) is 4.74. The van der Waals surface area contributed by atoms with Gasteiger partial charge in [0.2, 0.25) is 0 Å². The van der Waals surface area contributed by atoms with Gasteiger partial charge in [-0.3, -0.25) is 0 Å². The van der Waals surface area contributed by atoms with Gasteiger partial charge in [-0.15, -0.1) is 0 Å². The fourth-order valence-corrected chi connectivity index (χ4v) is 2.06. The maximum absolute atomic E-state index is 13.2. The van der Waals surface area contributed by atoms with Crippen molar-refractivity contribution in [2.24, 2.45) is 0 Å². The first kappa shape index (κ1) is 8.00. The van der Waals surface area contributed by atoms with E-state index in [0.29, 0.717) is 5.58 Å². The van der Waals surface area contributed by atoms with Crippen molar-refractivity contribution in [1.82, 2.24) is 5.32 Å². The first-order chi connectivity index (χ1) is 6.84. The van der Waals surface area contributed by atoms with Crippen LogP contribution in [-0.2, 0) is 13.0 Å². The predicted octanol–water partition coefficient (Wildman–Crippen LogP) is 2.22. The van der Waals surface area contributed by atoms with Crippen molar-refractivity contribution in [3.05, 3.63) is 35.3 Å². The minimum absolute atomic E-state index is 0.225. The van der Waals surface area contributed by atoms with E-state index in [1.807, 2.05) is 0 Å². The normalized spacial score (nSPS) is 15.8. The van der Waals surface area contributed by atoms with Gasteiger partial charge in [-0.2, -0.15) is 0 Å². The Hall–Kier alpha value is -1.35. The lowest BCUT2D eigenvalue weighted by Gasteiger charge is -2.01. The molecule has 0 radical (unpaired) electrons. The Morgan fingerprint density at radius 1 is 1.29 bits per heavy atom. The van der Waals surface area contributed by atoms with Crippen molar-refractivity contribution in [2.45, 2.75) is 13.0 Å². The fourth-order valence-electron chi connectivity index (χ4n) is 2.06. The molecule has 1 aliphatic rings. The quantitative estimate of drug-likeness (QED) is 0.690. The molecule has 1 aromatic heterocycles. The Bertz CT molecular complexity index is 489. The van der Waals surface area contributed by atoms with Crippen LogP contribution in [0, 0.1) is 5.82 Å². The number of furan rings is 1. The molecule has 0 unspecified atom stereocenters. The lowest BCUT2D eigenvalue weighted by atomic mass is 10.1. The van der Waals surface area contributed by atoms with Crippen molar-refractivity contribution in [1.29, 1.82) is 0 Å². The molecular weight excluding hydrogens is 181 g/mol. The van der Waals surface area contributed by atoms with Crippen LogP contribution in [-0.4, -0.2) is 6.54 Å². The van der Waals surface area contributed by atoms with Crippen molar-refractivity contribution >= 4 is 11.0 Å². The van der Waals surface area contributed by atoms with Crippen LogP contribution >= 0.6 is 0 Å². The number of benzene rings is 1. The fraction of sp³-hybridized carbons (Fsp3) is 0.273. The Labute approximate surface area is 80.7 Å². The molecule has 2 aromatic rings. The van der Waals surface area contributed by atoms with Gasteiger partial charge in [-0.1, -0.05) is 0 Å². The summed E-state index contributed by atoms with van der Waals surface area (Å²) >= 11 is 0. The van der Waals surface area contributed by atoms with Gasteiger partial charge in [-0.25, -0.2) is 4.39 Å². The standard InChI is InChI=1S/C11H10FNO/c12-9-3-8-5-13-2-1-7-6-14-10(4-9)11(7)8/h3-4,6,13H,1-2,5H2. The smallest absolute Gasteiger partial charge is 0.137 e. The van der Waals surface area contributed by atoms with E-state index in [4.69, 9.17) is 4.42 Å². The van der Waals surface area contributed by atoms with Crippen molar-refractivity contribution in [3.63, 3.8) is 0 Å². The molecule has 0 bridgehead atoms. The molecule has 1 N–H and O–H groups in total. The minimum atomic E-state index is -0.225. The summed E-state index contributed by atoms with van der Waals surface area (Å²) in [6.07, 6.45) is 2.69. The van der Waals surface area contributed by atoms with Gasteiger partial charge < -0.3 is 9.73 Å². The highest BCUT2D eigenvalue weighted by molar-refractivity contribution is 5.85. The van der Waals surface area contributed by atoms with Crippen molar-refractivity contribution in [3.8, 4) is 0 Å². The van der Waals surface area contributed by atoms with E-state index < -0.39 is 0 Å². The monoisotopic (exact) mass is 191 g/mol. The largest absolute Gasteiger partial charge is 0.464 e. The summed E-state index contributed by atoms with van der Waals surface area (Å²) in [5.74, 6) is -0.225. The molecule has 1 aliphatic heterocycles. The van der Waals surface area contributed by atoms with Crippen LogP contribution in [0.5, 0.6) is 0 Å². The van der Waals surface area contributed by atoms with Crippen LogP contribution in [0.15, 0.2) is 22.8 Å². The molecule has 3 rings (SSSR count). The first-order valence-electron chi connectivity index (χ1n) is 4.74. The lowest BCUT2D eigenvalue weighted by molar-refractivity contribution is 0.588. The molecule has 0 aliphatic carbocycles. The Morgan fingerprint density at radius 3 is 3.14 bits per heavy atom. The molecular formula is C11H10FNO. The second kappa shape index (κ2) is 2.82. The van der Waals surface area contributed by atoms with E-state index in [-0.39, 0.29) is 5.82 Å². The van der Waals surface area contributed by atoms with Crippen molar-refractivity contribution < 1.29 is 8.81 Å². The molecule has 0 amide bonds. The van der Waals surface area contributed by atoms with Crippen molar-refractivity contribution in [2.75, 3.05) is 6.54 Å². The molecule has 3 heteroatoms. The molecule has 14 heavy (non-hydrogen) atoms. The molecule has 2 nitrogen and oxygen atoms in total. The van der Waals surface area contributed by atoms with E-state index in [9.17, 15) is 4.39 Å². The zero-order valence-electron chi connectivity index (χ0n) is 7.64. The van der Waals surface area contributed by atoms with Gasteiger partial charge in [0, 0.05) is 18.0 Å². The van der Waals surface area contributed by atoms with Gasteiger partial charge in [0.25, 0.3) is 0 Å². The number of rotatable bonds is 0. The zero-order chi connectivity index (χ0) is 9.54. The third kappa shape index (κ3) is 1.06. The SMILES string of the molecule is Fc1cc2c3c(coc3c1)CCNC2. The van der Waals surface area contributed by atoms with Gasteiger partial charge in [0.15, 0.2) is 0 Å². The Kier molecular flexibility index (Phi) is 1.61. The van der Waals surface area contributed by atoms with Crippen LogP contribution in [0.4, 0.5) is 4.39 Å². The summed E-state index contributed by atoms with van der Waals surface area (Å²) in [4.78, 5) is 0. The highest BCUT2D eigenvalue weighted by Crippen LogP contribution is 2.28. The van der Waals surface area contributed by atoms with Crippen LogP contribution in [0.25, 0.3) is 11.0 Å². The van der Waals surface area contributed by atoms with Gasteiger partial charge >= 0.3 is 0 Å². The van der Waals surface area contributed by atoms with E-state index in [0.717, 1.165) is 30.5 Å². The average Bonchev–Trinajstić information content (AvgIpc) is 2.43. The third-order valence-electron chi connectivity index (χ3n) is 2.68. The van der Waals surface area contributed by atoms with E-state index in [2.05, 4.69) is 5.32 Å². The average molecular weight is 191 g/mol. The summed E-state index contributed by atoms with van der Waals surface area (Å²) in [5.41, 5.74) is 2.85. The maximum Gasteiger partial charge on any atom is 0.137 e. The second-order valence-corrected chi connectivity index (χ2v) is 3.63. The van der Waals surface area contributed by atoms with Gasteiger partial charge in [0.1, 0.15) is 11.4 Å². The Balaban J connectivity index is 2.39. The van der Waals surface area contributed by atoms with E-state index in [1.165, 1.54) is 11.6 Å². The minimum Gasteiger partial charge on any atom is -0.464 e. The molecule has 1 aromatic carbocycles. The highest BCUT2D eigenvalue weighted by Gasteiger charge is 2.14. The number of hydrogen-bond donors (Lipinski definition) is 1. The van der Waals surface area contributed by atoms with E-state index in [1.54, 1.807) is 12.3 Å². The third-order valence-corrected chi connectivity index (χ3v) is 2.68. The molecule has 0 saturated heterocycles. The summed E-state index contributed by atoms with van der Waals surface area (Å²) < 4.78 is 18.5. The molecule has 0 atom stereocenters. The van der Waals surface area contributed by atoms with Gasteiger partial charge in [-0.05, 0) is 30.2 Å². The zero-order valence-corrected chi connectivity index (χ0v) is 7.64. The molecule has 2 heterocycles. The summed E-state index contributed by atoms with van der Waals surface area (Å²) in [6, 6.07) is 3.04. The van der Waals surface area contributed by atoms with Crippen LogP contribution < -0.4 is 5.32 Å². The topological polar surface area (TPSA) is 25.2 Å². The number of hydrogen-bond acceptors (Lipinski definition) is 2. The van der Waals surface area contributed by atoms with Crippen LogP contribution in [0.1, 0.15) is 11.1 Å². The van der Waals surface area contributed by atoms with Gasteiger partial charge in [0.05, 0.1) is 6.26 Å². The lowest BCUT2D eigenvalue weighted by Crippen LogP contribution is -2.13. The summed E-state index contributed by atoms with van der Waals surface area (Å²) in [5, 5.41) is 4.35. The molecule has 0 spiro atoms. The molecule has 72 valence electrons. The van der Waals surface area contributed by atoms with Crippen LogP contribution in [0.3, 0.4) is 0 Å². The number of nitrogens with one attached hydrogen (secondary N) is 1. The Morgan fingerprint density at radius 2 is 2.21 bits per heavy atom.